The van der Waals surface area contributed by atoms with E-state index in [4.69, 9.17) is 16.3 Å². The van der Waals surface area contributed by atoms with Crippen molar-refractivity contribution in [2.45, 2.75) is 13.3 Å². The Kier molecular flexibility index (Phi) is 6.91. The number of carbonyl (C=O) groups excluding carboxylic acids is 3. The summed E-state index contributed by atoms with van der Waals surface area (Å²) in [6, 6.07) is 8.92. The first-order valence-electron chi connectivity index (χ1n) is 9.12. The van der Waals surface area contributed by atoms with Crippen LogP contribution in [0, 0.1) is 23.0 Å². The van der Waals surface area contributed by atoms with E-state index in [0.29, 0.717) is 20.9 Å². The molecule has 2 aromatic carbocycles. The fourth-order valence-corrected chi connectivity index (χ4v) is 3.73. The second kappa shape index (κ2) is 9.44. The maximum atomic E-state index is 12.3. The van der Waals surface area contributed by atoms with Crippen molar-refractivity contribution in [2.24, 2.45) is 5.92 Å². The number of non-ortho nitro benzene ring substituents is 1. The highest BCUT2D eigenvalue weighted by atomic mass is 79.9. The van der Waals surface area contributed by atoms with Crippen molar-refractivity contribution >= 4 is 62.4 Å². The average Bonchev–Trinajstić information content (AvgIpc) is 3.12. The van der Waals surface area contributed by atoms with Gasteiger partial charge in [-0.05, 0) is 46.6 Å². The summed E-state index contributed by atoms with van der Waals surface area (Å²) in [5.74, 6) is -2.37. The van der Waals surface area contributed by atoms with Crippen LogP contribution in [0.1, 0.15) is 12.0 Å². The predicted octanol–water partition coefficient (Wildman–Crippen LogP) is 3.85. The van der Waals surface area contributed by atoms with Gasteiger partial charge in [-0.15, -0.1) is 0 Å². The monoisotopic (exact) mass is 509 g/mol. The standard InChI is InChI=1S/C20H17BrClN3O6/c1-11-5-15(21)16(22)8-17(11)23-18(26)10-31-20(28)12-6-19(27)24(9-12)13-3-2-4-14(7-13)25(29)30/h2-5,7-8,12H,6,9-10H2,1H3,(H,23,26)/t12-/m0/s1. The number of benzene rings is 2. The molecule has 162 valence electrons. The fraction of sp³-hybridized carbons (Fsp3) is 0.250. The van der Waals surface area contributed by atoms with Crippen LogP contribution < -0.4 is 10.2 Å². The van der Waals surface area contributed by atoms with Gasteiger partial charge in [0.15, 0.2) is 6.61 Å². The van der Waals surface area contributed by atoms with Crippen LogP contribution in [-0.4, -0.2) is 35.9 Å². The van der Waals surface area contributed by atoms with Crippen molar-refractivity contribution in [3.63, 3.8) is 0 Å². The Bertz CT molecular complexity index is 1080. The van der Waals surface area contributed by atoms with Gasteiger partial charge in [0.05, 0.1) is 21.6 Å². The van der Waals surface area contributed by atoms with Crippen LogP contribution in [-0.2, 0) is 19.1 Å². The Morgan fingerprint density at radius 3 is 2.81 bits per heavy atom. The van der Waals surface area contributed by atoms with Gasteiger partial charge in [0, 0.05) is 35.3 Å². The summed E-state index contributed by atoms with van der Waals surface area (Å²) in [6.07, 6.45) is -0.107. The Labute approximate surface area is 190 Å². The van der Waals surface area contributed by atoms with Crippen LogP contribution >= 0.6 is 27.5 Å². The average molecular weight is 511 g/mol. The molecule has 2 amide bonds. The van der Waals surface area contributed by atoms with Gasteiger partial charge in [0.25, 0.3) is 11.6 Å². The molecule has 1 aliphatic rings. The van der Waals surface area contributed by atoms with Gasteiger partial charge in [-0.1, -0.05) is 17.7 Å². The normalized spacial score (nSPS) is 15.6. The lowest BCUT2D eigenvalue weighted by molar-refractivity contribution is -0.384. The summed E-state index contributed by atoms with van der Waals surface area (Å²) in [5, 5.41) is 14.0. The number of amides is 2. The molecule has 0 unspecified atom stereocenters. The molecule has 0 radical (unpaired) electrons. The molecule has 1 atom stereocenters. The molecule has 0 aromatic heterocycles. The van der Waals surface area contributed by atoms with Crippen LogP contribution in [0.25, 0.3) is 0 Å². The minimum atomic E-state index is -0.775. The highest BCUT2D eigenvalue weighted by Crippen LogP contribution is 2.30. The summed E-state index contributed by atoms with van der Waals surface area (Å²) in [5.41, 5.74) is 1.43. The van der Waals surface area contributed by atoms with E-state index in [2.05, 4.69) is 21.2 Å². The zero-order valence-corrected chi connectivity index (χ0v) is 18.6. The van der Waals surface area contributed by atoms with E-state index in [0.717, 1.165) is 5.56 Å². The van der Waals surface area contributed by atoms with Crippen molar-refractivity contribution in [1.29, 1.82) is 0 Å². The van der Waals surface area contributed by atoms with Crippen molar-refractivity contribution < 1.29 is 24.0 Å². The summed E-state index contributed by atoms with van der Waals surface area (Å²) < 4.78 is 5.76. The van der Waals surface area contributed by atoms with Crippen LogP contribution in [0.2, 0.25) is 5.02 Å². The van der Waals surface area contributed by atoms with E-state index in [1.165, 1.54) is 23.1 Å². The van der Waals surface area contributed by atoms with Gasteiger partial charge in [0.2, 0.25) is 5.91 Å². The number of nitrogens with zero attached hydrogens (tertiary/aromatic N) is 2. The second-order valence-corrected chi connectivity index (χ2v) is 8.18. The Morgan fingerprint density at radius 1 is 1.35 bits per heavy atom. The van der Waals surface area contributed by atoms with Crippen LogP contribution in [0.5, 0.6) is 0 Å². The lowest BCUT2D eigenvalue weighted by Crippen LogP contribution is -2.28. The molecule has 2 aromatic rings. The number of hydrogen-bond donors (Lipinski definition) is 1. The number of nitrogens with one attached hydrogen (secondary N) is 1. The summed E-state index contributed by atoms with van der Waals surface area (Å²) >= 11 is 9.32. The van der Waals surface area contributed by atoms with Gasteiger partial charge in [0.1, 0.15) is 0 Å². The molecular formula is C20H17BrClN3O6. The van der Waals surface area contributed by atoms with Gasteiger partial charge < -0.3 is 15.0 Å². The van der Waals surface area contributed by atoms with Gasteiger partial charge in [-0.25, -0.2) is 0 Å². The SMILES string of the molecule is Cc1cc(Br)c(Cl)cc1NC(=O)COC(=O)[C@H]1CC(=O)N(c2cccc([N+](=O)[O-])c2)C1. The Balaban J connectivity index is 1.57. The smallest absolute Gasteiger partial charge is 0.311 e. The maximum absolute atomic E-state index is 12.3. The first-order valence-corrected chi connectivity index (χ1v) is 10.3. The summed E-state index contributed by atoms with van der Waals surface area (Å²) in [4.78, 5) is 48.5. The number of rotatable bonds is 6. The van der Waals surface area contributed by atoms with Crippen molar-refractivity contribution in [3.05, 3.63) is 61.6 Å². The number of anilines is 2. The third-order valence-corrected chi connectivity index (χ3v) is 5.89. The first kappa shape index (κ1) is 22.7. The van der Waals surface area contributed by atoms with Crippen molar-refractivity contribution in [1.82, 2.24) is 0 Å². The minimum Gasteiger partial charge on any atom is -0.455 e. The van der Waals surface area contributed by atoms with Gasteiger partial charge >= 0.3 is 5.97 Å². The fourth-order valence-electron chi connectivity index (χ4n) is 3.11. The molecule has 11 heteroatoms. The van der Waals surface area contributed by atoms with E-state index in [1.54, 1.807) is 25.1 Å². The molecule has 0 saturated carbocycles. The Hall–Kier alpha value is -2.98. The number of esters is 1. The van der Waals surface area contributed by atoms with E-state index < -0.39 is 29.3 Å². The molecule has 1 heterocycles. The lowest BCUT2D eigenvalue weighted by atomic mass is 10.1. The summed E-state index contributed by atoms with van der Waals surface area (Å²) in [7, 11) is 0. The van der Waals surface area contributed by atoms with Crippen molar-refractivity contribution in [3.8, 4) is 0 Å². The third-order valence-electron chi connectivity index (χ3n) is 4.70. The molecule has 1 N–H and O–H groups in total. The molecule has 0 spiro atoms. The van der Waals surface area contributed by atoms with Gasteiger partial charge in [-0.2, -0.15) is 0 Å². The van der Waals surface area contributed by atoms with Crippen LogP contribution in [0.15, 0.2) is 40.9 Å². The molecule has 31 heavy (non-hydrogen) atoms. The highest BCUT2D eigenvalue weighted by Gasteiger charge is 2.36. The zero-order valence-electron chi connectivity index (χ0n) is 16.3. The van der Waals surface area contributed by atoms with E-state index in [9.17, 15) is 24.5 Å². The highest BCUT2D eigenvalue weighted by molar-refractivity contribution is 9.10. The largest absolute Gasteiger partial charge is 0.455 e. The second-order valence-electron chi connectivity index (χ2n) is 6.92. The zero-order chi connectivity index (χ0) is 22.7. The topological polar surface area (TPSA) is 119 Å². The number of carbonyl (C=O) groups is 3. The predicted molar refractivity (Wildman–Crippen MR) is 117 cm³/mol. The van der Waals surface area contributed by atoms with E-state index in [1.807, 2.05) is 0 Å². The van der Waals surface area contributed by atoms with E-state index in [-0.39, 0.29) is 24.6 Å². The molecule has 3 rings (SSSR count). The molecule has 0 aliphatic carbocycles. The third kappa shape index (κ3) is 5.39. The number of ether oxygens (including phenoxy) is 1. The summed E-state index contributed by atoms with van der Waals surface area (Å²) in [6.45, 7) is 1.28. The number of nitro benzene ring substituents is 1. The molecule has 1 saturated heterocycles. The molecule has 1 fully saturated rings. The van der Waals surface area contributed by atoms with Crippen molar-refractivity contribution in [2.75, 3.05) is 23.4 Å². The molecule has 1 aliphatic heterocycles. The first-order chi connectivity index (χ1) is 14.7. The number of halogens is 2. The quantitative estimate of drug-likeness (QED) is 0.358. The molecule has 9 nitrogen and oxygen atoms in total. The van der Waals surface area contributed by atoms with Crippen LogP contribution in [0.4, 0.5) is 17.1 Å². The maximum Gasteiger partial charge on any atom is 0.311 e. The molecule has 0 bridgehead atoms. The minimum absolute atomic E-state index is 0.0158. The van der Waals surface area contributed by atoms with Crippen LogP contribution in [0.3, 0.4) is 0 Å². The number of aryl methyl sites for hydroxylation is 1. The molecular weight excluding hydrogens is 494 g/mol. The van der Waals surface area contributed by atoms with E-state index >= 15 is 0 Å². The Morgan fingerprint density at radius 2 is 2.10 bits per heavy atom. The lowest BCUT2D eigenvalue weighted by Gasteiger charge is -2.16. The number of hydrogen-bond acceptors (Lipinski definition) is 6. The number of nitro groups is 1. The van der Waals surface area contributed by atoms with Gasteiger partial charge in [-0.3, -0.25) is 24.5 Å².